The van der Waals surface area contributed by atoms with Crippen molar-refractivity contribution in [2.75, 3.05) is 13.1 Å². The van der Waals surface area contributed by atoms with Crippen molar-refractivity contribution in [1.82, 2.24) is 25.0 Å². The summed E-state index contributed by atoms with van der Waals surface area (Å²) in [4.78, 5) is 26.5. The topological polar surface area (TPSA) is 85.0 Å². The maximum absolute atomic E-state index is 12.5. The monoisotopic (exact) mass is 303 g/mol. The smallest absolute Gasteiger partial charge is 0.316 e. The number of hydrogen-bond acceptors (Lipinski definition) is 6. The summed E-state index contributed by atoms with van der Waals surface area (Å²) in [5.74, 6) is 0.0692. The zero-order chi connectivity index (χ0) is 15.8. The average Bonchev–Trinajstić information content (AvgIpc) is 3.05. The number of nitrogens with zero attached hydrogens (tertiary/aromatic N) is 5. The molecule has 2 aromatic heterocycles. The predicted octanol–water partition coefficient (Wildman–Crippen LogP) is 2.57. The lowest BCUT2D eigenvalue weighted by Gasteiger charge is -2.20. The molecular weight excluding hydrogens is 282 g/mol. The molecule has 0 bridgehead atoms. The van der Waals surface area contributed by atoms with Crippen LogP contribution in [0.4, 0.5) is 0 Å². The Morgan fingerprint density at radius 2 is 1.91 bits per heavy atom. The van der Waals surface area contributed by atoms with Crippen LogP contribution in [0.5, 0.6) is 0 Å². The molecule has 0 spiro atoms. The van der Waals surface area contributed by atoms with Crippen molar-refractivity contribution in [2.24, 2.45) is 0 Å². The first-order chi connectivity index (χ1) is 10.8. The minimum atomic E-state index is -0.218. The van der Waals surface area contributed by atoms with Crippen LogP contribution >= 0.6 is 0 Å². The molecule has 0 saturated heterocycles. The zero-order valence-corrected chi connectivity index (χ0v) is 13.0. The third kappa shape index (κ3) is 4.09. The third-order valence-corrected chi connectivity index (χ3v) is 3.25. The lowest BCUT2D eigenvalue weighted by molar-refractivity contribution is 0.0701. The summed E-state index contributed by atoms with van der Waals surface area (Å²) in [5.41, 5.74) is 0.485. The second kappa shape index (κ2) is 8.21. The normalized spacial score (nSPS) is 10.6. The van der Waals surface area contributed by atoms with Crippen LogP contribution in [-0.2, 0) is 0 Å². The van der Waals surface area contributed by atoms with Crippen LogP contribution in [0.1, 0.15) is 50.2 Å². The first kappa shape index (κ1) is 16.1. The van der Waals surface area contributed by atoms with Gasteiger partial charge in [-0.1, -0.05) is 31.8 Å². The molecule has 0 aromatic carbocycles. The van der Waals surface area contributed by atoms with E-state index < -0.39 is 0 Å². The van der Waals surface area contributed by atoms with Gasteiger partial charge in [-0.2, -0.15) is 4.98 Å². The van der Waals surface area contributed by atoms with Crippen LogP contribution in [0, 0.1) is 0 Å². The molecule has 0 atom stereocenters. The molecule has 0 radical (unpaired) electrons. The molecule has 0 aliphatic rings. The summed E-state index contributed by atoms with van der Waals surface area (Å²) in [6, 6.07) is 0. The molecule has 2 heterocycles. The SMILES string of the molecule is CCCCN(CCCC)C(=O)c1nc(-c2cnccn2)no1. The van der Waals surface area contributed by atoms with Gasteiger partial charge in [0.25, 0.3) is 0 Å². The van der Waals surface area contributed by atoms with Crippen molar-refractivity contribution in [1.29, 1.82) is 0 Å². The van der Waals surface area contributed by atoms with E-state index in [9.17, 15) is 4.79 Å². The van der Waals surface area contributed by atoms with E-state index in [-0.39, 0.29) is 17.6 Å². The fourth-order valence-corrected chi connectivity index (χ4v) is 1.98. The molecule has 7 heteroatoms. The first-order valence-corrected chi connectivity index (χ1v) is 7.65. The lowest BCUT2D eigenvalue weighted by Crippen LogP contribution is -2.33. The Morgan fingerprint density at radius 1 is 1.18 bits per heavy atom. The Balaban J connectivity index is 2.11. The molecule has 2 rings (SSSR count). The van der Waals surface area contributed by atoms with E-state index >= 15 is 0 Å². The van der Waals surface area contributed by atoms with E-state index in [0.29, 0.717) is 18.8 Å². The summed E-state index contributed by atoms with van der Waals surface area (Å²) >= 11 is 0. The van der Waals surface area contributed by atoms with Crippen LogP contribution in [0.15, 0.2) is 23.1 Å². The van der Waals surface area contributed by atoms with Crippen LogP contribution in [0.2, 0.25) is 0 Å². The quantitative estimate of drug-likeness (QED) is 0.745. The Labute approximate surface area is 129 Å². The molecule has 0 N–H and O–H groups in total. The highest BCUT2D eigenvalue weighted by Crippen LogP contribution is 2.13. The highest BCUT2D eigenvalue weighted by atomic mass is 16.5. The minimum absolute atomic E-state index is 0.00728. The van der Waals surface area contributed by atoms with E-state index in [2.05, 4.69) is 34.0 Å². The maximum atomic E-state index is 12.5. The summed E-state index contributed by atoms with van der Waals surface area (Å²) in [6.07, 6.45) is 8.62. The number of aromatic nitrogens is 4. The molecule has 1 amide bonds. The zero-order valence-electron chi connectivity index (χ0n) is 13.0. The van der Waals surface area contributed by atoms with Crippen LogP contribution in [0.25, 0.3) is 11.5 Å². The minimum Gasteiger partial charge on any atom is -0.334 e. The summed E-state index contributed by atoms with van der Waals surface area (Å²) < 4.78 is 5.10. The van der Waals surface area contributed by atoms with Gasteiger partial charge in [-0.3, -0.25) is 9.78 Å². The van der Waals surface area contributed by atoms with Crippen molar-refractivity contribution >= 4 is 5.91 Å². The lowest BCUT2D eigenvalue weighted by atomic mass is 10.2. The molecule has 0 aliphatic heterocycles. The predicted molar refractivity (Wildman–Crippen MR) is 81.0 cm³/mol. The molecular formula is C15H21N5O2. The van der Waals surface area contributed by atoms with Crippen molar-refractivity contribution < 1.29 is 9.32 Å². The van der Waals surface area contributed by atoms with E-state index in [1.807, 2.05) is 0 Å². The van der Waals surface area contributed by atoms with Gasteiger partial charge in [0.2, 0.25) is 5.82 Å². The van der Waals surface area contributed by atoms with Gasteiger partial charge < -0.3 is 9.42 Å². The van der Waals surface area contributed by atoms with Gasteiger partial charge in [0.15, 0.2) is 0 Å². The van der Waals surface area contributed by atoms with E-state index in [1.54, 1.807) is 17.3 Å². The molecule has 0 fully saturated rings. The van der Waals surface area contributed by atoms with Crippen molar-refractivity contribution in [3.63, 3.8) is 0 Å². The van der Waals surface area contributed by atoms with Gasteiger partial charge in [0, 0.05) is 25.5 Å². The molecule has 0 unspecified atom stereocenters. The number of carbonyl (C=O) groups excluding carboxylic acids is 1. The number of amides is 1. The fraction of sp³-hybridized carbons (Fsp3) is 0.533. The second-order valence-electron chi connectivity index (χ2n) is 5.01. The number of unbranched alkanes of at least 4 members (excludes halogenated alkanes) is 2. The fourth-order valence-electron chi connectivity index (χ4n) is 1.98. The van der Waals surface area contributed by atoms with Gasteiger partial charge in [-0.25, -0.2) is 4.98 Å². The molecule has 0 aliphatic carbocycles. The molecule has 22 heavy (non-hydrogen) atoms. The Kier molecular flexibility index (Phi) is 6.00. The van der Waals surface area contributed by atoms with Crippen molar-refractivity contribution in [2.45, 2.75) is 39.5 Å². The average molecular weight is 303 g/mol. The van der Waals surface area contributed by atoms with Crippen LogP contribution in [-0.4, -0.2) is 44.0 Å². The summed E-state index contributed by atoms with van der Waals surface area (Å²) in [6.45, 7) is 5.61. The van der Waals surface area contributed by atoms with Gasteiger partial charge in [0.1, 0.15) is 5.69 Å². The summed E-state index contributed by atoms with van der Waals surface area (Å²) in [5, 5.41) is 3.81. The Bertz CT molecular complexity index is 577. The van der Waals surface area contributed by atoms with Crippen LogP contribution < -0.4 is 0 Å². The third-order valence-electron chi connectivity index (χ3n) is 3.25. The van der Waals surface area contributed by atoms with E-state index in [0.717, 1.165) is 25.7 Å². The van der Waals surface area contributed by atoms with E-state index in [1.165, 1.54) is 6.20 Å². The second-order valence-corrected chi connectivity index (χ2v) is 5.01. The molecule has 7 nitrogen and oxygen atoms in total. The highest BCUT2D eigenvalue weighted by Gasteiger charge is 2.22. The Morgan fingerprint density at radius 3 is 2.50 bits per heavy atom. The van der Waals surface area contributed by atoms with Gasteiger partial charge >= 0.3 is 11.8 Å². The standard InChI is InChI=1S/C15H21N5O2/c1-3-5-9-20(10-6-4-2)15(21)14-18-13(19-22-14)12-11-16-7-8-17-12/h7-8,11H,3-6,9-10H2,1-2H3. The maximum Gasteiger partial charge on any atom is 0.316 e. The van der Waals surface area contributed by atoms with Crippen LogP contribution in [0.3, 0.4) is 0 Å². The number of hydrogen-bond donors (Lipinski definition) is 0. The molecule has 0 saturated carbocycles. The molecule has 2 aromatic rings. The van der Waals surface area contributed by atoms with Gasteiger partial charge in [-0.05, 0) is 12.8 Å². The first-order valence-electron chi connectivity index (χ1n) is 7.65. The van der Waals surface area contributed by atoms with Gasteiger partial charge in [-0.15, -0.1) is 0 Å². The number of carbonyl (C=O) groups is 1. The Hall–Kier alpha value is -2.31. The van der Waals surface area contributed by atoms with Gasteiger partial charge in [0.05, 0.1) is 6.20 Å². The van der Waals surface area contributed by atoms with Crippen molar-refractivity contribution in [3.8, 4) is 11.5 Å². The highest BCUT2D eigenvalue weighted by molar-refractivity contribution is 5.89. The molecule has 118 valence electrons. The van der Waals surface area contributed by atoms with E-state index in [4.69, 9.17) is 4.52 Å². The largest absolute Gasteiger partial charge is 0.334 e. The summed E-state index contributed by atoms with van der Waals surface area (Å²) in [7, 11) is 0. The number of rotatable bonds is 8. The van der Waals surface area contributed by atoms with Crippen molar-refractivity contribution in [3.05, 3.63) is 24.5 Å².